The molecule has 7 nitrogen and oxygen atoms in total. The van der Waals surface area contributed by atoms with Gasteiger partial charge in [-0.15, -0.1) is 0 Å². The number of Topliss-reactive ketones (excluding diaryl/α,β-unsaturated/α-hetero) is 1. The van der Waals surface area contributed by atoms with E-state index in [0.717, 1.165) is 0 Å². The minimum atomic E-state index is -0.987. The molecule has 1 amide bonds. The van der Waals surface area contributed by atoms with Crippen molar-refractivity contribution in [1.82, 2.24) is 0 Å². The van der Waals surface area contributed by atoms with Crippen molar-refractivity contribution in [2.45, 2.75) is 13.0 Å². The minimum Gasteiger partial charge on any atom is -0.507 e. The third-order valence-corrected chi connectivity index (χ3v) is 6.01. The van der Waals surface area contributed by atoms with Crippen LogP contribution in [0.2, 0.25) is 5.02 Å². The van der Waals surface area contributed by atoms with E-state index in [1.807, 2.05) is 0 Å². The van der Waals surface area contributed by atoms with E-state index in [4.69, 9.17) is 21.1 Å². The zero-order valence-electron chi connectivity index (χ0n) is 19.0. The molecule has 35 heavy (non-hydrogen) atoms. The van der Waals surface area contributed by atoms with Crippen LogP contribution in [0.3, 0.4) is 0 Å². The Hall–Kier alpha value is -4.10. The van der Waals surface area contributed by atoms with Gasteiger partial charge in [0.25, 0.3) is 11.7 Å². The van der Waals surface area contributed by atoms with Crippen molar-refractivity contribution in [3.05, 3.63) is 100 Å². The number of carbonyl (C=O) groups is 3. The van der Waals surface area contributed by atoms with Crippen molar-refractivity contribution in [3.8, 4) is 5.75 Å². The smallest absolute Gasteiger partial charge is 0.338 e. The normalized spacial score (nSPS) is 16.9. The first-order chi connectivity index (χ1) is 16.9. The Kier molecular flexibility index (Phi) is 6.89. The number of esters is 1. The molecule has 1 fully saturated rings. The van der Waals surface area contributed by atoms with Crippen molar-refractivity contribution in [2.75, 3.05) is 18.6 Å². The Morgan fingerprint density at radius 1 is 0.971 bits per heavy atom. The van der Waals surface area contributed by atoms with Gasteiger partial charge in [-0.3, -0.25) is 14.5 Å². The molecule has 0 aromatic heterocycles. The minimum absolute atomic E-state index is 0.0947. The number of anilines is 1. The monoisotopic (exact) mass is 491 g/mol. The van der Waals surface area contributed by atoms with E-state index in [2.05, 4.69) is 0 Å². The van der Waals surface area contributed by atoms with E-state index < -0.39 is 23.7 Å². The van der Waals surface area contributed by atoms with Crippen LogP contribution >= 0.6 is 11.6 Å². The molecule has 1 aliphatic rings. The molecule has 3 aromatic carbocycles. The van der Waals surface area contributed by atoms with E-state index in [1.54, 1.807) is 67.6 Å². The van der Waals surface area contributed by atoms with Gasteiger partial charge < -0.3 is 14.6 Å². The second-order valence-electron chi connectivity index (χ2n) is 7.69. The highest BCUT2D eigenvalue weighted by atomic mass is 35.5. The predicted molar refractivity (Wildman–Crippen MR) is 132 cm³/mol. The molecule has 0 bridgehead atoms. The Bertz CT molecular complexity index is 1310. The molecular formula is C27H22ClNO6. The predicted octanol–water partition coefficient (Wildman–Crippen LogP) is 5.15. The molecule has 3 aromatic rings. The lowest BCUT2D eigenvalue weighted by atomic mass is 9.95. The van der Waals surface area contributed by atoms with E-state index in [1.165, 1.54) is 24.1 Å². The maximum atomic E-state index is 13.2. The number of carbonyl (C=O) groups excluding carboxylic acids is 3. The van der Waals surface area contributed by atoms with Gasteiger partial charge >= 0.3 is 5.97 Å². The van der Waals surface area contributed by atoms with Crippen LogP contribution in [0.1, 0.15) is 34.5 Å². The van der Waals surface area contributed by atoms with Crippen LogP contribution in [0.5, 0.6) is 5.75 Å². The van der Waals surface area contributed by atoms with Crippen LogP contribution in [-0.2, 0) is 14.3 Å². The molecule has 1 N–H and O–H groups in total. The topological polar surface area (TPSA) is 93.1 Å². The number of amides is 1. The zero-order valence-corrected chi connectivity index (χ0v) is 19.8. The summed E-state index contributed by atoms with van der Waals surface area (Å²) in [5.41, 5.74) is 1.39. The summed E-state index contributed by atoms with van der Waals surface area (Å²) in [5, 5.41) is 11.5. The standard InChI is InChI=1S/C27H22ClNO6/c1-3-35-27(33)17-8-12-18(13-9-17)29-23(20-6-4-5-7-21(20)28)22(25(31)26(29)32)24(30)16-10-14-19(34-2)15-11-16/h4-15,23,30H,3H2,1-2H3/t23-/m1/s1. The number of nitrogens with zero attached hydrogens (tertiary/aromatic N) is 1. The van der Waals surface area contributed by atoms with E-state index in [0.29, 0.717) is 33.1 Å². The molecule has 0 spiro atoms. The van der Waals surface area contributed by atoms with E-state index in [9.17, 15) is 19.5 Å². The van der Waals surface area contributed by atoms with Gasteiger partial charge in [-0.05, 0) is 67.1 Å². The number of ether oxygens (including phenoxy) is 2. The first-order valence-corrected chi connectivity index (χ1v) is 11.2. The fourth-order valence-electron chi connectivity index (χ4n) is 3.97. The number of aliphatic hydroxyl groups is 1. The highest BCUT2D eigenvalue weighted by Crippen LogP contribution is 2.44. The Balaban J connectivity index is 1.86. The van der Waals surface area contributed by atoms with Gasteiger partial charge in [0, 0.05) is 16.3 Å². The number of rotatable bonds is 6. The summed E-state index contributed by atoms with van der Waals surface area (Å²) in [5.74, 6) is -1.93. The molecule has 0 aliphatic carbocycles. The third kappa shape index (κ3) is 4.50. The lowest BCUT2D eigenvalue weighted by molar-refractivity contribution is -0.132. The Morgan fingerprint density at radius 3 is 2.20 bits per heavy atom. The zero-order chi connectivity index (χ0) is 25.1. The fourth-order valence-corrected chi connectivity index (χ4v) is 4.21. The molecule has 0 unspecified atom stereocenters. The van der Waals surface area contributed by atoms with E-state index in [-0.39, 0.29) is 17.9 Å². The van der Waals surface area contributed by atoms with Crippen LogP contribution in [0, 0.1) is 0 Å². The molecule has 0 radical (unpaired) electrons. The summed E-state index contributed by atoms with van der Waals surface area (Å²) in [7, 11) is 1.52. The van der Waals surface area contributed by atoms with Gasteiger partial charge in [-0.1, -0.05) is 29.8 Å². The molecule has 178 valence electrons. The summed E-state index contributed by atoms with van der Waals surface area (Å²) < 4.78 is 10.2. The van der Waals surface area contributed by atoms with Crippen molar-refractivity contribution >= 4 is 40.7 Å². The highest BCUT2D eigenvalue weighted by molar-refractivity contribution is 6.52. The van der Waals surface area contributed by atoms with Gasteiger partial charge in [-0.2, -0.15) is 0 Å². The number of hydrogen-bond acceptors (Lipinski definition) is 6. The molecule has 8 heteroatoms. The second-order valence-corrected chi connectivity index (χ2v) is 8.09. The largest absolute Gasteiger partial charge is 0.507 e. The Morgan fingerprint density at radius 2 is 1.60 bits per heavy atom. The summed E-state index contributed by atoms with van der Waals surface area (Å²) >= 11 is 6.48. The maximum absolute atomic E-state index is 13.2. The van der Waals surface area contributed by atoms with Gasteiger partial charge in [0.2, 0.25) is 0 Å². The van der Waals surface area contributed by atoms with Crippen LogP contribution < -0.4 is 9.64 Å². The number of halogens is 1. The fraction of sp³-hybridized carbons (Fsp3) is 0.148. The van der Waals surface area contributed by atoms with Crippen molar-refractivity contribution in [1.29, 1.82) is 0 Å². The summed E-state index contributed by atoms with van der Waals surface area (Å²) in [6, 6.07) is 18.4. The molecule has 4 rings (SSSR count). The summed E-state index contributed by atoms with van der Waals surface area (Å²) in [4.78, 5) is 39.8. The molecule has 1 saturated heterocycles. The lowest BCUT2D eigenvalue weighted by Crippen LogP contribution is -2.29. The summed E-state index contributed by atoms with van der Waals surface area (Å²) in [6.45, 7) is 1.94. The number of methoxy groups -OCH3 is 1. The molecule has 1 aliphatic heterocycles. The number of hydrogen-bond donors (Lipinski definition) is 1. The average Bonchev–Trinajstić information content (AvgIpc) is 3.14. The van der Waals surface area contributed by atoms with Crippen LogP contribution in [0.25, 0.3) is 5.76 Å². The van der Waals surface area contributed by atoms with Gasteiger partial charge in [0.05, 0.1) is 30.9 Å². The number of benzene rings is 3. The lowest BCUT2D eigenvalue weighted by Gasteiger charge is -2.26. The first-order valence-electron chi connectivity index (χ1n) is 10.8. The molecule has 1 atom stereocenters. The molecule has 1 heterocycles. The second kappa shape index (κ2) is 10.0. The Labute approximate surface area is 207 Å². The first kappa shape index (κ1) is 24.0. The van der Waals surface area contributed by atoms with Crippen LogP contribution in [0.4, 0.5) is 5.69 Å². The van der Waals surface area contributed by atoms with Gasteiger partial charge in [0.1, 0.15) is 11.5 Å². The maximum Gasteiger partial charge on any atom is 0.338 e. The van der Waals surface area contributed by atoms with Crippen LogP contribution in [-0.4, -0.2) is 36.5 Å². The van der Waals surface area contributed by atoms with E-state index >= 15 is 0 Å². The van der Waals surface area contributed by atoms with Crippen molar-refractivity contribution in [3.63, 3.8) is 0 Å². The number of ketones is 1. The molecule has 0 saturated carbocycles. The quantitative estimate of drug-likeness (QED) is 0.222. The van der Waals surface area contributed by atoms with Gasteiger partial charge in [0.15, 0.2) is 0 Å². The SMILES string of the molecule is CCOC(=O)c1ccc(N2C(=O)C(=O)C(=C(O)c3ccc(OC)cc3)[C@H]2c2ccccc2Cl)cc1. The summed E-state index contributed by atoms with van der Waals surface area (Å²) in [6.07, 6.45) is 0. The van der Waals surface area contributed by atoms with Crippen LogP contribution in [0.15, 0.2) is 78.4 Å². The van der Waals surface area contributed by atoms with Crippen molar-refractivity contribution in [2.24, 2.45) is 0 Å². The highest BCUT2D eigenvalue weighted by Gasteiger charge is 2.47. The average molecular weight is 492 g/mol. The van der Waals surface area contributed by atoms with Crippen molar-refractivity contribution < 1.29 is 29.0 Å². The third-order valence-electron chi connectivity index (χ3n) is 5.66. The molecular weight excluding hydrogens is 470 g/mol. The number of aliphatic hydroxyl groups excluding tert-OH is 1. The van der Waals surface area contributed by atoms with Gasteiger partial charge in [-0.25, -0.2) is 4.79 Å².